The van der Waals surface area contributed by atoms with Crippen molar-refractivity contribution in [3.63, 3.8) is 0 Å². The molecule has 2 aromatic heterocycles. The number of carboxylic acid groups (broad SMARTS) is 1. The number of thioether (sulfide) groups is 1. The smallest absolute Gasteiger partial charge is 0.313 e. The lowest BCUT2D eigenvalue weighted by molar-refractivity contribution is -0.133. The molecule has 17 heavy (non-hydrogen) atoms. The van der Waals surface area contributed by atoms with E-state index in [0.29, 0.717) is 11.7 Å². The Kier molecular flexibility index (Phi) is 3.53. The molecule has 0 saturated heterocycles. The molecule has 6 heteroatoms. The van der Waals surface area contributed by atoms with Crippen LogP contribution in [0.5, 0.6) is 0 Å². The predicted molar refractivity (Wildman–Crippen MR) is 63.1 cm³/mol. The molecular formula is C11H12N2O3S. The highest BCUT2D eigenvalue weighted by Gasteiger charge is 2.09. The minimum absolute atomic E-state index is 0.0157. The second kappa shape index (κ2) is 5.09. The van der Waals surface area contributed by atoms with Gasteiger partial charge in [0.05, 0.1) is 30.5 Å². The Hall–Kier alpha value is -1.69. The molecule has 0 spiro atoms. The van der Waals surface area contributed by atoms with Crippen molar-refractivity contribution in [2.45, 2.75) is 18.6 Å². The van der Waals surface area contributed by atoms with Gasteiger partial charge in [0.15, 0.2) is 5.16 Å². The second-order valence-electron chi connectivity index (χ2n) is 3.61. The zero-order valence-electron chi connectivity index (χ0n) is 9.29. The molecule has 0 aliphatic carbocycles. The topological polar surface area (TPSA) is 68.3 Å². The SMILES string of the molecule is Cc1cn(Cc2ccoc2)c(SCC(=O)O)n1. The van der Waals surface area contributed by atoms with Crippen LogP contribution in [0.1, 0.15) is 11.3 Å². The van der Waals surface area contributed by atoms with Crippen molar-refractivity contribution >= 4 is 17.7 Å². The van der Waals surface area contributed by atoms with Gasteiger partial charge in [0.2, 0.25) is 0 Å². The first-order valence-corrected chi connectivity index (χ1v) is 6.03. The Morgan fingerprint density at radius 3 is 3.12 bits per heavy atom. The normalized spacial score (nSPS) is 10.6. The molecule has 2 rings (SSSR count). The average Bonchev–Trinajstić information content (AvgIpc) is 2.86. The first-order chi connectivity index (χ1) is 8.15. The number of hydrogen-bond donors (Lipinski definition) is 1. The van der Waals surface area contributed by atoms with Gasteiger partial charge in [-0.1, -0.05) is 11.8 Å². The van der Waals surface area contributed by atoms with Gasteiger partial charge in [-0.15, -0.1) is 0 Å². The monoisotopic (exact) mass is 252 g/mol. The molecule has 0 radical (unpaired) electrons. The molecule has 90 valence electrons. The molecule has 0 bridgehead atoms. The summed E-state index contributed by atoms with van der Waals surface area (Å²) in [6.45, 7) is 2.52. The van der Waals surface area contributed by atoms with Gasteiger partial charge in [0.1, 0.15) is 0 Å². The van der Waals surface area contributed by atoms with Crippen LogP contribution in [-0.2, 0) is 11.3 Å². The van der Waals surface area contributed by atoms with Crippen LogP contribution in [0.4, 0.5) is 0 Å². The van der Waals surface area contributed by atoms with Crippen molar-refractivity contribution in [1.82, 2.24) is 9.55 Å². The first kappa shape index (κ1) is 11.8. The summed E-state index contributed by atoms with van der Waals surface area (Å²) in [7, 11) is 0. The van der Waals surface area contributed by atoms with E-state index in [1.807, 2.05) is 23.8 Å². The zero-order valence-corrected chi connectivity index (χ0v) is 10.1. The van der Waals surface area contributed by atoms with E-state index in [4.69, 9.17) is 9.52 Å². The van der Waals surface area contributed by atoms with E-state index in [9.17, 15) is 4.79 Å². The standard InChI is InChI=1S/C11H12N2O3S/c1-8-4-13(5-9-2-3-16-6-9)11(12-8)17-7-10(14)15/h2-4,6H,5,7H2,1H3,(H,14,15). The highest BCUT2D eigenvalue weighted by molar-refractivity contribution is 7.99. The first-order valence-electron chi connectivity index (χ1n) is 5.04. The molecule has 1 N–H and O–H groups in total. The quantitative estimate of drug-likeness (QED) is 0.824. The largest absolute Gasteiger partial charge is 0.481 e. The summed E-state index contributed by atoms with van der Waals surface area (Å²) in [4.78, 5) is 14.8. The Labute approximate surface area is 102 Å². The van der Waals surface area contributed by atoms with Gasteiger partial charge >= 0.3 is 5.97 Å². The Bertz CT molecular complexity index is 505. The molecule has 0 aliphatic rings. The van der Waals surface area contributed by atoms with Crippen molar-refractivity contribution < 1.29 is 14.3 Å². The number of aryl methyl sites for hydroxylation is 1. The lowest BCUT2D eigenvalue weighted by Gasteiger charge is -2.04. The van der Waals surface area contributed by atoms with Gasteiger partial charge in [-0.3, -0.25) is 4.79 Å². The third-order valence-electron chi connectivity index (χ3n) is 2.12. The summed E-state index contributed by atoms with van der Waals surface area (Å²) < 4.78 is 6.92. The van der Waals surface area contributed by atoms with E-state index in [-0.39, 0.29) is 5.75 Å². The Morgan fingerprint density at radius 1 is 1.65 bits per heavy atom. The molecule has 0 saturated carbocycles. The minimum atomic E-state index is -0.842. The fourth-order valence-corrected chi connectivity index (χ4v) is 2.20. The average molecular weight is 252 g/mol. The summed E-state index contributed by atoms with van der Waals surface area (Å²) >= 11 is 1.22. The lowest BCUT2D eigenvalue weighted by atomic mass is 10.3. The van der Waals surface area contributed by atoms with Crippen LogP contribution in [0, 0.1) is 6.92 Å². The summed E-state index contributed by atoms with van der Waals surface area (Å²) in [5, 5.41) is 9.37. The number of aromatic nitrogens is 2. The van der Waals surface area contributed by atoms with Crippen LogP contribution >= 0.6 is 11.8 Å². The fourth-order valence-electron chi connectivity index (χ4n) is 1.46. The third kappa shape index (κ3) is 3.13. The number of imidazole rings is 1. The molecular weight excluding hydrogens is 240 g/mol. The van der Waals surface area contributed by atoms with Gasteiger partial charge in [-0.2, -0.15) is 0 Å². The Balaban J connectivity index is 2.12. The van der Waals surface area contributed by atoms with E-state index in [2.05, 4.69) is 4.98 Å². The van der Waals surface area contributed by atoms with Crippen molar-refractivity contribution in [1.29, 1.82) is 0 Å². The molecule has 0 atom stereocenters. The molecule has 0 unspecified atom stereocenters. The van der Waals surface area contributed by atoms with E-state index in [1.54, 1.807) is 12.5 Å². The number of carboxylic acids is 1. The fraction of sp³-hybridized carbons (Fsp3) is 0.273. The molecule has 0 aliphatic heterocycles. The van der Waals surface area contributed by atoms with Gasteiger partial charge in [-0.05, 0) is 13.0 Å². The van der Waals surface area contributed by atoms with Crippen LogP contribution < -0.4 is 0 Å². The maximum atomic E-state index is 10.5. The molecule has 0 aromatic carbocycles. The number of rotatable bonds is 5. The molecule has 5 nitrogen and oxygen atoms in total. The van der Waals surface area contributed by atoms with Gasteiger partial charge < -0.3 is 14.1 Å². The van der Waals surface area contributed by atoms with E-state index < -0.39 is 5.97 Å². The van der Waals surface area contributed by atoms with Gasteiger partial charge in [0, 0.05) is 11.8 Å². The molecule has 2 aromatic rings. The summed E-state index contributed by atoms with van der Waals surface area (Å²) in [6, 6.07) is 1.88. The predicted octanol–water partition coefficient (Wildman–Crippen LogP) is 2.01. The van der Waals surface area contributed by atoms with E-state index in [1.165, 1.54) is 11.8 Å². The van der Waals surface area contributed by atoms with Crippen molar-refractivity contribution in [3.05, 3.63) is 36.0 Å². The number of aliphatic carboxylic acids is 1. The number of hydrogen-bond acceptors (Lipinski definition) is 4. The minimum Gasteiger partial charge on any atom is -0.481 e. The van der Waals surface area contributed by atoms with Crippen molar-refractivity contribution in [2.75, 3.05) is 5.75 Å². The number of furan rings is 1. The van der Waals surface area contributed by atoms with Gasteiger partial charge in [0.25, 0.3) is 0 Å². The lowest BCUT2D eigenvalue weighted by Crippen LogP contribution is -2.03. The van der Waals surface area contributed by atoms with Crippen LogP contribution in [-0.4, -0.2) is 26.4 Å². The van der Waals surface area contributed by atoms with Crippen LogP contribution in [0.15, 0.2) is 34.4 Å². The molecule has 0 amide bonds. The number of nitrogens with zero attached hydrogens (tertiary/aromatic N) is 2. The van der Waals surface area contributed by atoms with Crippen LogP contribution in [0.3, 0.4) is 0 Å². The van der Waals surface area contributed by atoms with Crippen molar-refractivity contribution in [3.8, 4) is 0 Å². The highest BCUT2D eigenvalue weighted by Crippen LogP contribution is 2.19. The van der Waals surface area contributed by atoms with E-state index in [0.717, 1.165) is 11.3 Å². The molecule has 0 fully saturated rings. The van der Waals surface area contributed by atoms with Crippen LogP contribution in [0.2, 0.25) is 0 Å². The summed E-state index contributed by atoms with van der Waals surface area (Å²) in [5.74, 6) is -0.826. The summed E-state index contributed by atoms with van der Waals surface area (Å²) in [5.41, 5.74) is 1.90. The van der Waals surface area contributed by atoms with Crippen LogP contribution in [0.25, 0.3) is 0 Å². The molecule has 2 heterocycles. The second-order valence-corrected chi connectivity index (χ2v) is 4.55. The highest BCUT2D eigenvalue weighted by atomic mass is 32.2. The third-order valence-corrected chi connectivity index (χ3v) is 3.09. The van der Waals surface area contributed by atoms with Crippen molar-refractivity contribution in [2.24, 2.45) is 0 Å². The number of carbonyl (C=O) groups is 1. The maximum Gasteiger partial charge on any atom is 0.313 e. The maximum absolute atomic E-state index is 10.5. The summed E-state index contributed by atoms with van der Waals surface area (Å²) in [6.07, 6.45) is 5.18. The van der Waals surface area contributed by atoms with Gasteiger partial charge in [-0.25, -0.2) is 4.98 Å². The van der Waals surface area contributed by atoms with E-state index >= 15 is 0 Å². The zero-order chi connectivity index (χ0) is 12.3. The Morgan fingerprint density at radius 2 is 2.47 bits per heavy atom.